The summed E-state index contributed by atoms with van der Waals surface area (Å²) in [5.74, 6) is 0.233. The summed E-state index contributed by atoms with van der Waals surface area (Å²) in [6.07, 6.45) is -4.50. The normalized spacial score (nSPS) is 33.2. The molecule has 22 nitrogen and oxygen atoms in total. The zero-order valence-corrected chi connectivity index (χ0v) is 37.7. The number of phosphoric acid groups is 2. The molecule has 6 N–H and O–H groups in total. The summed E-state index contributed by atoms with van der Waals surface area (Å²) in [6, 6.07) is 0. The summed E-state index contributed by atoms with van der Waals surface area (Å²) >= 11 is 0. The zero-order chi connectivity index (χ0) is 42.4. The van der Waals surface area contributed by atoms with Gasteiger partial charge in [-0.25, -0.2) is 39.0 Å². The van der Waals surface area contributed by atoms with Crippen LogP contribution in [-0.2, 0) is 45.6 Å². The quantitative estimate of drug-likeness (QED) is 0.154. The molecular weight excluding hydrogens is 835 g/mol. The van der Waals surface area contributed by atoms with Crippen molar-refractivity contribution in [1.29, 1.82) is 0 Å². The van der Waals surface area contributed by atoms with Crippen LogP contribution in [0.15, 0.2) is 25.3 Å². The van der Waals surface area contributed by atoms with Crippen LogP contribution in [0.1, 0.15) is 54.0 Å². The van der Waals surface area contributed by atoms with Crippen molar-refractivity contribution >= 4 is 66.2 Å². The van der Waals surface area contributed by atoms with Gasteiger partial charge in [0.1, 0.15) is 60.3 Å². The molecule has 2 unspecified atom stereocenters. The van der Waals surface area contributed by atoms with Gasteiger partial charge in [-0.05, 0) is 36.3 Å². The smallest absolute Gasteiger partial charge is 0.407 e. The van der Waals surface area contributed by atoms with E-state index in [9.17, 15) is 18.9 Å². The lowest BCUT2D eigenvalue weighted by Crippen LogP contribution is -2.50. The van der Waals surface area contributed by atoms with Crippen LogP contribution in [0.2, 0.25) is 36.3 Å². The van der Waals surface area contributed by atoms with Gasteiger partial charge in [0.2, 0.25) is 0 Å². The number of ether oxygens (including phenoxy) is 2. The Hall–Kier alpha value is -2.81. The lowest BCUT2D eigenvalue weighted by atomic mass is 10.1. The third-order valence-electron chi connectivity index (χ3n) is 11.7. The minimum atomic E-state index is -5.03. The van der Waals surface area contributed by atoms with Crippen molar-refractivity contribution in [3.05, 3.63) is 25.3 Å². The third-order valence-corrected chi connectivity index (χ3v) is 22.6. The van der Waals surface area contributed by atoms with E-state index in [2.05, 4.69) is 29.9 Å². The Bertz CT molecular complexity index is 2110. The van der Waals surface area contributed by atoms with Crippen LogP contribution in [0.5, 0.6) is 0 Å². The highest BCUT2D eigenvalue weighted by Gasteiger charge is 2.58. The van der Waals surface area contributed by atoms with Crippen molar-refractivity contribution < 1.29 is 55.3 Å². The van der Waals surface area contributed by atoms with Crippen LogP contribution in [-0.4, -0.2) is 115 Å². The van der Waals surface area contributed by atoms with E-state index in [0.717, 1.165) is 0 Å². The van der Waals surface area contributed by atoms with E-state index in [1.54, 1.807) is 0 Å². The van der Waals surface area contributed by atoms with Crippen LogP contribution in [0, 0.1) is 0 Å². The van der Waals surface area contributed by atoms with Gasteiger partial charge in [0.15, 0.2) is 52.0 Å². The number of fused-ring (bicyclic) bond motifs is 4. The van der Waals surface area contributed by atoms with Crippen molar-refractivity contribution in [2.45, 2.75) is 127 Å². The van der Waals surface area contributed by atoms with Gasteiger partial charge in [0, 0.05) is 0 Å². The first-order valence-corrected chi connectivity index (χ1v) is 27.4. The number of hydrogen-bond acceptors (Lipinski definition) is 18. The Morgan fingerprint density at radius 1 is 0.672 bits per heavy atom. The van der Waals surface area contributed by atoms with E-state index < -0.39 is 94.6 Å². The van der Waals surface area contributed by atoms with Gasteiger partial charge in [-0.1, -0.05) is 41.5 Å². The molecule has 3 aliphatic rings. The molecular formula is C32H52N10O12P2Si2. The molecule has 3 aliphatic heterocycles. The van der Waals surface area contributed by atoms with Crippen molar-refractivity contribution in [1.82, 2.24) is 39.0 Å². The number of nitrogen functional groups attached to an aromatic ring is 2. The molecule has 26 heteroatoms. The maximum Gasteiger partial charge on any atom is 0.472 e. The third kappa shape index (κ3) is 8.17. The maximum absolute atomic E-state index is 14.1. The van der Waals surface area contributed by atoms with Crippen LogP contribution in [0.4, 0.5) is 11.6 Å². The standard InChI is InChI=1S/C32H52N10O12P2Si2/c1-31(2,3)57(7,8)53-23-21-17(49-29(23)41-15-39-19-25(33)35-13-37-27(19)41)11-47-56(45,46)52-22-18(12-48-55(43,44)51-21)50-30(24(22)54-58(9,10)32(4,5)6)42-16-40-20-26(34)36-14-38-28(20)42/h13-18,21-24,29-30H,11-12H2,1-10H3,(H,43,44)(H,45,46)(H2,33,35,37)(H2,34,36,38)/t17-,18-,21-,22-,23-,24-,29-,30-/m1/s1. The molecule has 0 spiro atoms. The molecule has 58 heavy (non-hydrogen) atoms. The Labute approximate surface area is 336 Å². The van der Waals surface area contributed by atoms with Crippen molar-refractivity contribution in [2.75, 3.05) is 24.7 Å². The monoisotopic (exact) mass is 886 g/mol. The van der Waals surface area contributed by atoms with E-state index in [-0.39, 0.29) is 44.0 Å². The number of aromatic nitrogens is 8. The van der Waals surface area contributed by atoms with Crippen molar-refractivity contribution in [3.63, 3.8) is 0 Å². The van der Waals surface area contributed by atoms with Gasteiger partial charge in [-0.2, -0.15) is 0 Å². The first-order chi connectivity index (χ1) is 26.8. The van der Waals surface area contributed by atoms with E-state index >= 15 is 0 Å². The number of nitrogens with two attached hydrogens (primary N) is 2. The average Bonchev–Trinajstić information content (AvgIpc) is 3.87. The molecule has 0 radical (unpaired) electrons. The molecule has 3 fully saturated rings. The summed E-state index contributed by atoms with van der Waals surface area (Å²) in [6.45, 7) is 18.8. The Morgan fingerprint density at radius 3 is 1.38 bits per heavy atom. The van der Waals surface area contributed by atoms with Crippen LogP contribution in [0.25, 0.3) is 22.3 Å². The summed E-state index contributed by atoms with van der Waals surface area (Å²) in [4.78, 5) is 48.4. The highest BCUT2D eigenvalue weighted by molar-refractivity contribution is 7.47. The molecule has 320 valence electrons. The predicted octanol–water partition coefficient (Wildman–Crippen LogP) is 4.42. The van der Waals surface area contributed by atoms with Crippen LogP contribution in [0.3, 0.4) is 0 Å². The fourth-order valence-corrected chi connectivity index (χ4v) is 11.0. The lowest BCUT2D eigenvalue weighted by Gasteiger charge is -2.41. The number of imidazole rings is 2. The molecule has 0 aliphatic carbocycles. The number of anilines is 2. The SMILES string of the molecule is CC(C)(C)[Si](C)(C)O[C@@H]1[C@@H]2OP(=O)(O)OC[C@H]3O[C@@H](n4cnc5c(N)ncnc54)[C@H](O[Si](C)(C)C(C)(C)C)[C@@H]3OP(=O)(O)OC[C@H]2O[C@H]1n1cnc2c(N)ncnc21. The van der Waals surface area contributed by atoms with Crippen LogP contribution >= 0.6 is 15.6 Å². The second kappa shape index (κ2) is 15.0. The largest absolute Gasteiger partial charge is 0.472 e. The topological polar surface area (TPSA) is 288 Å². The van der Waals surface area contributed by atoms with Crippen molar-refractivity contribution in [3.8, 4) is 0 Å². The molecule has 4 aromatic rings. The second-order valence-electron chi connectivity index (χ2n) is 17.7. The summed E-state index contributed by atoms with van der Waals surface area (Å²) in [5, 5.41) is -0.691. The van der Waals surface area contributed by atoms with Gasteiger partial charge in [-0.3, -0.25) is 27.2 Å². The molecule has 0 amide bonds. The van der Waals surface area contributed by atoms with Gasteiger partial charge < -0.3 is 39.6 Å². The highest BCUT2D eigenvalue weighted by Crippen LogP contribution is 2.56. The van der Waals surface area contributed by atoms with E-state index in [0.29, 0.717) is 0 Å². The first kappa shape index (κ1) is 43.3. The molecule has 7 rings (SSSR count). The molecule has 3 saturated heterocycles. The zero-order valence-electron chi connectivity index (χ0n) is 33.9. The summed E-state index contributed by atoms with van der Waals surface area (Å²) in [7, 11) is -15.5. The Morgan fingerprint density at radius 2 is 1.03 bits per heavy atom. The van der Waals surface area contributed by atoms with Gasteiger partial charge in [0.25, 0.3) is 0 Å². The molecule has 0 bridgehead atoms. The first-order valence-electron chi connectivity index (χ1n) is 18.6. The average molecular weight is 887 g/mol. The van der Waals surface area contributed by atoms with E-state index in [4.69, 9.17) is 47.9 Å². The fourth-order valence-electron chi connectivity index (χ4n) is 6.49. The molecule has 4 aromatic heterocycles. The summed E-state index contributed by atoms with van der Waals surface area (Å²) in [5.41, 5.74) is 13.3. The highest BCUT2D eigenvalue weighted by atomic mass is 31.2. The Kier molecular flexibility index (Phi) is 11.2. The second-order valence-corrected chi connectivity index (χ2v) is 30.0. The molecule has 7 heterocycles. The van der Waals surface area contributed by atoms with Gasteiger partial charge in [-0.15, -0.1) is 0 Å². The number of hydrogen-bond donors (Lipinski definition) is 4. The van der Waals surface area contributed by atoms with Crippen LogP contribution < -0.4 is 11.5 Å². The van der Waals surface area contributed by atoms with E-state index in [1.807, 2.05) is 67.7 Å². The number of phosphoric ester groups is 2. The maximum atomic E-state index is 14.1. The Balaban J connectivity index is 1.27. The summed E-state index contributed by atoms with van der Waals surface area (Å²) < 4.78 is 81.2. The molecule has 0 saturated carbocycles. The fraction of sp³-hybridized carbons (Fsp3) is 0.688. The molecule has 10 atom stereocenters. The van der Waals surface area contributed by atoms with Gasteiger partial charge in [0.05, 0.1) is 25.9 Å². The predicted molar refractivity (Wildman–Crippen MR) is 213 cm³/mol. The minimum absolute atomic E-state index is 0.116. The number of nitrogens with zero attached hydrogens (tertiary/aromatic N) is 8. The van der Waals surface area contributed by atoms with Crippen molar-refractivity contribution in [2.24, 2.45) is 0 Å². The molecule has 0 aromatic carbocycles. The lowest BCUT2D eigenvalue weighted by molar-refractivity contribution is -0.0663. The minimum Gasteiger partial charge on any atom is -0.407 e. The number of rotatable bonds is 6. The van der Waals surface area contributed by atoms with Gasteiger partial charge >= 0.3 is 15.6 Å². The van der Waals surface area contributed by atoms with E-state index in [1.165, 1.54) is 34.4 Å².